The van der Waals surface area contributed by atoms with E-state index in [-0.39, 0.29) is 0 Å². The minimum atomic E-state index is 0.504. The fourth-order valence-electron chi connectivity index (χ4n) is 1.54. The molecule has 2 aromatic rings. The largest absolute Gasteiger partial charge is 0.260 e. The summed E-state index contributed by atoms with van der Waals surface area (Å²) in [6.45, 7) is 0. The number of nitrogens with zero attached hydrogens (tertiary/aromatic N) is 1. The zero-order valence-corrected chi connectivity index (χ0v) is 7.14. The number of benzene rings is 1. The van der Waals surface area contributed by atoms with Gasteiger partial charge in [0.25, 0.3) is 0 Å². The Bertz CT molecular complexity index is 479. The molecule has 0 unspecified atom stereocenters. The van der Waals surface area contributed by atoms with Crippen LogP contribution in [0.15, 0.2) is 48.7 Å². The van der Waals surface area contributed by atoms with E-state index in [0.29, 0.717) is 5.92 Å². The van der Waals surface area contributed by atoms with Crippen molar-refractivity contribution in [3.8, 4) is 0 Å². The van der Waals surface area contributed by atoms with E-state index in [9.17, 15) is 0 Å². The predicted octanol–water partition coefficient (Wildman–Crippen LogP) is 2.89. The summed E-state index contributed by atoms with van der Waals surface area (Å²) in [6, 6.07) is 10.5. The van der Waals surface area contributed by atoms with E-state index < -0.39 is 0 Å². The van der Waals surface area contributed by atoms with Crippen molar-refractivity contribution in [2.75, 3.05) is 0 Å². The first-order valence-electron chi connectivity index (χ1n) is 4.46. The van der Waals surface area contributed by atoms with Crippen molar-refractivity contribution in [3.63, 3.8) is 0 Å². The Kier molecular flexibility index (Phi) is 1.28. The normalized spacial score (nSPS) is 15.1. The van der Waals surface area contributed by atoms with Gasteiger partial charge in [-0.15, -0.1) is 0 Å². The number of fused-ring (bicyclic) bond motifs is 1. The maximum Gasteiger partial charge on any atom is 0.0516 e. The second kappa shape index (κ2) is 2.43. The Morgan fingerprint density at radius 2 is 1.77 bits per heavy atom. The highest BCUT2D eigenvalue weighted by Crippen LogP contribution is 2.29. The van der Waals surface area contributed by atoms with Crippen molar-refractivity contribution >= 4 is 10.8 Å². The molecule has 1 aromatic heterocycles. The van der Waals surface area contributed by atoms with Crippen molar-refractivity contribution in [2.24, 2.45) is 0 Å². The van der Waals surface area contributed by atoms with Crippen molar-refractivity contribution in [3.05, 3.63) is 54.4 Å². The summed E-state index contributed by atoms with van der Waals surface area (Å²) < 4.78 is 0. The van der Waals surface area contributed by atoms with E-state index in [1.54, 1.807) is 0 Å². The molecule has 3 rings (SSSR count). The molecule has 1 heterocycles. The lowest BCUT2D eigenvalue weighted by Gasteiger charge is -2.00. The van der Waals surface area contributed by atoms with E-state index in [2.05, 4.69) is 41.4 Å². The van der Waals surface area contributed by atoms with Crippen LogP contribution in [-0.2, 0) is 0 Å². The molecule has 1 aromatic carbocycles. The van der Waals surface area contributed by atoms with Gasteiger partial charge in [0.05, 0.1) is 5.69 Å². The maximum atomic E-state index is 4.41. The number of aromatic nitrogens is 1. The minimum Gasteiger partial charge on any atom is -0.260 e. The third-order valence-corrected chi connectivity index (χ3v) is 2.38. The highest BCUT2D eigenvalue weighted by Gasteiger charge is 2.14. The molecule has 1 aliphatic carbocycles. The van der Waals surface area contributed by atoms with Crippen LogP contribution in [0.4, 0.5) is 0 Å². The molecule has 1 nitrogen and oxygen atoms in total. The standard InChI is InChI=1S/C12H9N/c1-2-4-11-8-13-12(9-5-6-9)7-10(11)3-1/h1-9H. The fourth-order valence-corrected chi connectivity index (χ4v) is 1.54. The SMILES string of the molecule is C1=CC1c1cc2ccccc2cn1. The third-order valence-electron chi connectivity index (χ3n) is 2.38. The van der Waals surface area contributed by atoms with Gasteiger partial charge in [-0.3, -0.25) is 4.98 Å². The first-order valence-corrected chi connectivity index (χ1v) is 4.46. The van der Waals surface area contributed by atoms with Crippen molar-refractivity contribution < 1.29 is 0 Å². The number of hydrogen-bond acceptors (Lipinski definition) is 1. The third kappa shape index (κ3) is 1.13. The molecule has 0 saturated carbocycles. The molecule has 0 bridgehead atoms. The highest BCUT2D eigenvalue weighted by molar-refractivity contribution is 5.82. The van der Waals surface area contributed by atoms with Crippen LogP contribution >= 0.6 is 0 Å². The van der Waals surface area contributed by atoms with Crippen molar-refractivity contribution in [1.82, 2.24) is 4.98 Å². The van der Waals surface area contributed by atoms with Gasteiger partial charge in [0.15, 0.2) is 0 Å². The van der Waals surface area contributed by atoms with E-state index in [1.807, 2.05) is 12.3 Å². The Balaban J connectivity index is 2.21. The lowest BCUT2D eigenvalue weighted by Crippen LogP contribution is -1.86. The zero-order valence-electron chi connectivity index (χ0n) is 7.14. The van der Waals surface area contributed by atoms with Gasteiger partial charge < -0.3 is 0 Å². The summed E-state index contributed by atoms with van der Waals surface area (Å²) in [5.74, 6) is 0.504. The van der Waals surface area contributed by atoms with Gasteiger partial charge in [0.2, 0.25) is 0 Å². The first kappa shape index (κ1) is 6.84. The minimum absolute atomic E-state index is 0.504. The molecule has 0 fully saturated rings. The van der Waals surface area contributed by atoms with Crippen LogP contribution in [0.2, 0.25) is 0 Å². The average molecular weight is 167 g/mol. The van der Waals surface area contributed by atoms with Crippen molar-refractivity contribution in [2.45, 2.75) is 5.92 Å². The van der Waals surface area contributed by atoms with Crippen LogP contribution in [0.25, 0.3) is 10.8 Å². The van der Waals surface area contributed by atoms with Crippen molar-refractivity contribution in [1.29, 1.82) is 0 Å². The molecule has 0 N–H and O–H groups in total. The van der Waals surface area contributed by atoms with E-state index >= 15 is 0 Å². The molecular formula is C12H9N. The quantitative estimate of drug-likeness (QED) is 0.595. The van der Waals surface area contributed by atoms with Gasteiger partial charge in [-0.1, -0.05) is 36.4 Å². The summed E-state index contributed by atoms with van der Waals surface area (Å²) in [6.07, 6.45) is 6.28. The Morgan fingerprint density at radius 3 is 2.54 bits per heavy atom. The smallest absolute Gasteiger partial charge is 0.0516 e. The van der Waals surface area contributed by atoms with E-state index in [1.165, 1.54) is 16.5 Å². The van der Waals surface area contributed by atoms with Crippen LogP contribution in [0.5, 0.6) is 0 Å². The van der Waals surface area contributed by atoms with Crippen LogP contribution in [0.3, 0.4) is 0 Å². The molecule has 0 amide bonds. The monoisotopic (exact) mass is 167 g/mol. The molecule has 1 aliphatic rings. The van der Waals surface area contributed by atoms with Crippen LogP contribution < -0.4 is 0 Å². The molecule has 1 heteroatoms. The Morgan fingerprint density at radius 1 is 1.00 bits per heavy atom. The molecule has 13 heavy (non-hydrogen) atoms. The average Bonchev–Trinajstić information content (AvgIpc) is 3.00. The van der Waals surface area contributed by atoms with Crippen LogP contribution in [0.1, 0.15) is 11.6 Å². The number of hydrogen-bond donors (Lipinski definition) is 0. The number of pyridine rings is 1. The maximum absolute atomic E-state index is 4.41. The Labute approximate surface area is 76.7 Å². The molecule has 0 saturated heterocycles. The topological polar surface area (TPSA) is 12.9 Å². The molecule has 0 aliphatic heterocycles. The second-order valence-corrected chi connectivity index (χ2v) is 3.37. The predicted molar refractivity (Wildman–Crippen MR) is 53.6 cm³/mol. The lowest BCUT2D eigenvalue weighted by molar-refractivity contribution is 1.10. The van der Waals surface area contributed by atoms with E-state index in [4.69, 9.17) is 0 Å². The molecule has 0 radical (unpaired) electrons. The highest BCUT2D eigenvalue weighted by atomic mass is 14.7. The molecule has 62 valence electrons. The van der Waals surface area contributed by atoms with E-state index in [0.717, 1.165) is 0 Å². The molecular weight excluding hydrogens is 158 g/mol. The summed E-state index contributed by atoms with van der Waals surface area (Å²) in [5.41, 5.74) is 1.17. The first-order chi connectivity index (χ1) is 6.43. The van der Waals surface area contributed by atoms with Crippen LogP contribution in [0, 0.1) is 0 Å². The van der Waals surface area contributed by atoms with Gasteiger partial charge in [-0.25, -0.2) is 0 Å². The summed E-state index contributed by atoms with van der Waals surface area (Å²) in [7, 11) is 0. The van der Waals surface area contributed by atoms with Gasteiger partial charge in [0.1, 0.15) is 0 Å². The van der Waals surface area contributed by atoms with Gasteiger partial charge in [-0.2, -0.15) is 0 Å². The Hall–Kier alpha value is -1.63. The fraction of sp³-hybridized carbons (Fsp3) is 0.0833. The summed E-state index contributed by atoms with van der Waals surface area (Å²) in [4.78, 5) is 4.41. The second-order valence-electron chi connectivity index (χ2n) is 3.37. The number of rotatable bonds is 1. The lowest BCUT2D eigenvalue weighted by atomic mass is 10.1. The zero-order chi connectivity index (χ0) is 8.67. The van der Waals surface area contributed by atoms with Crippen LogP contribution in [-0.4, -0.2) is 4.98 Å². The molecule has 0 atom stereocenters. The molecule has 0 spiro atoms. The van der Waals surface area contributed by atoms with Gasteiger partial charge in [-0.05, 0) is 11.5 Å². The van der Waals surface area contributed by atoms with Gasteiger partial charge >= 0.3 is 0 Å². The van der Waals surface area contributed by atoms with Gasteiger partial charge in [0, 0.05) is 17.5 Å². The summed E-state index contributed by atoms with van der Waals surface area (Å²) in [5, 5.41) is 2.49. The summed E-state index contributed by atoms with van der Waals surface area (Å²) >= 11 is 0. The number of allylic oxidation sites excluding steroid dienone is 2.